The lowest BCUT2D eigenvalue weighted by Gasteiger charge is -2.10. The highest BCUT2D eigenvalue weighted by molar-refractivity contribution is 6.04. The van der Waals surface area contributed by atoms with E-state index in [0.717, 1.165) is 12.0 Å². The first-order valence-corrected chi connectivity index (χ1v) is 8.46. The lowest BCUT2D eigenvalue weighted by molar-refractivity contribution is -0.116. The summed E-state index contributed by atoms with van der Waals surface area (Å²) in [4.78, 5) is 24.0. The molecule has 0 saturated carbocycles. The summed E-state index contributed by atoms with van der Waals surface area (Å²) in [6.45, 7) is 5.44. The third kappa shape index (κ3) is 4.92. The molecule has 2 amide bonds. The fourth-order valence-corrected chi connectivity index (χ4v) is 2.44. The van der Waals surface area contributed by atoms with E-state index in [9.17, 15) is 14.7 Å². The van der Waals surface area contributed by atoms with Crippen molar-refractivity contribution in [3.05, 3.63) is 59.2 Å². The van der Waals surface area contributed by atoms with Crippen molar-refractivity contribution < 1.29 is 14.7 Å². The van der Waals surface area contributed by atoms with Gasteiger partial charge in [-0.05, 0) is 50.1 Å². The molecule has 2 aromatic carbocycles. The molecule has 6 heteroatoms. The zero-order chi connectivity index (χ0) is 19.1. The largest absolute Gasteiger partial charge is 0.507 e. The second-order valence-electron chi connectivity index (χ2n) is 5.98. The maximum atomic E-state index is 12.2. The third-order valence-electron chi connectivity index (χ3n) is 3.86. The van der Waals surface area contributed by atoms with Crippen LogP contribution in [0.15, 0.2) is 47.6 Å². The van der Waals surface area contributed by atoms with Crippen molar-refractivity contribution in [2.45, 2.75) is 33.6 Å². The van der Waals surface area contributed by atoms with Crippen LogP contribution in [-0.4, -0.2) is 22.6 Å². The van der Waals surface area contributed by atoms with E-state index in [2.05, 4.69) is 15.8 Å². The second kappa shape index (κ2) is 8.80. The van der Waals surface area contributed by atoms with Crippen molar-refractivity contribution >= 4 is 23.2 Å². The van der Waals surface area contributed by atoms with Crippen LogP contribution in [0.1, 0.15) is 48.2 Å². The van der Waals surface area contributed by atoms with Crippen molar-refractivity contribution in [2.75, 3.05) is 5.32 Å². The number of hydrogen-bond donors (Lipinski definition) is 3. The number of carbonyl (C=O) groups excluding carboxylic acids is 2. The Balaban J connectivity index is 2.16. The van der Waals surface area contributed by atoms with Crippen LogP contribution in [0.3, 0.4) is 0 Å². The monoisotopic (exact) mass is 353 g/mol. The number of benzene rings is 2. The Morgan fingerprint density at radius 1 is 1.12 bits per heavy atom. The molecule has 0 bridgehead atoms. The van der Waals surface area contributed by atoms with Crippen molar-refractivity contribution in [1.82, 2.24) is 5.43 Å². The average Bonchev–Trinajstić information content (AvgIpc) is 2.61. The predicted molar refractivity (Wildman–Crippen MR) is 103 cm³/mol. The highest BCUT2D eigenvalue weighted by atomic mass is 16.3. The van der Waals surface area contributed by atoms with E-state index in [-0.39, 0.29) is 17.6 Å². The Labute approximate surface area is 152 Å². The topological polar surface area (TPSA) is 90.8 Å². The van der Waals surface area contributed by atoms with Crippen LogP contribution < -0.4 is 10.7 Å². The Kier molecular flexibility index (Phi) is 6.49. The molecule has 0 fully saturated rings. The number of aryl methyl sites for hydroxylation is 1. The first-order valence-electron chi connectivity index (χ1n) is 8.46. The molecule has 0 aliphatic heterocycles. The van der Waals surface area contributed by atoms with Gasteiger partial charge in [0.15, 0.2) is 0 Å². The van der Waals surface area contributed by atoms with Gasteiger partial charge in [0, 0.05) is 23.2 Å². The summed E-state index contributed by atoms with van der Waals surface area (Å²) in [7, 11) is 0. The molecule has 136 valence electrons. The SMILES string of the molecule is CCCC(=O)Nc1ccc(O)c(/C(C)=N/NC(=O)c2ccccc2C)c1. The van der Waals surface area contributed by atoms with Gasteiger partial charge in [0.25, 0.3) is 5.91 Å². The van der Waals surface area contributed by atoms with Gasteiger partial charge in [-0.2, -0.15) is 5.10 Å². The Morgan fingerprint density at radius 3 is 2.54 bits per heavy atom. The van der Waals surface area contributed by atoms with Crippen LogP contribution >= 0.6 is 0 Å². The number of aromatic hydroxyl groups is 1. The van der Waals surface area contributed by atoms with E-state index >= 15 is 0 Å². The molecule has 0 saturated heterocycles. The molecule has 0 atom stereocenters. The van der Waals surface area contributed by atoms with Crippen LogP contribution in [0.25, 0.3) is 0 Å². The van der Waals surface area contributed by atoms with Gasteiger partial charge < -0.3 is 10.4 Å². The van der Waals surface area contributed by atoms with E-state index in [1.54, 1.807) is 31.2 Å². The smallest absolute Gasteiger partial charge is 0.271 e. The molecular weight excluding hydrogens is 330 g/mol. The first kappa shape index (κ1) is 19.2. The number of hydrogen-bond acceptors (Lipinski definition) is 4. The van der Waals surface area contributed by atoms with Gasteiger partial charge in [0.2, 0.25) is 5.91 Å². The fourth-order valence-electron chi connectivity index (χ4n) is 2.44. The maximum absolute atomic E-state index is 12.2. The second-order valence-corrected chi connectivity index (χ2v) is 5.98. The van der Waals surface area contributed by atoms with E-state index in [0.29, 0.717) is 28.9 Å². The van der Waals surface area contributed by atoms with Crippen molar-refractivity contribution in [3.8, 4) is 5.75 Å². The summed E-state index contributed by atoms with van der Waals surface area (Å²) in [6, 6.07) is 11.9. The van der Waals surface area contributed by atoms with E-state index in [1.807, 2.05) is 26.0 Å². The summed E-state index contributed by atoms with van der Waals surface area (Å²) in [5, 5.41) is 16.9. The molecule has 0 aliphatic rings. The summed E-state index contributed by atoms with van der Waals surface area (Å²) in [6.07, 6.45) is 1.18. The number of rotatable bonds is 6. The Hall–Kier alpha value is -3.15. The minimum Gasteiger partial charge on any atom is -0.507 e. The zero-order valence-corrected chi connectivity index (χ0v) is 15.2. The molecule has 0 heterocycles. The highest BCUT2D eigenvalue weighted by Crippen LogP contribution is 2.22. The molecule has 26 heavy (non-hydrogen) atoms. The molecular formula is C20H23N3O3. The number of amides is 2. The summed E-state index contributed by atoms with van der Waals surface area (Å²) < 4.78 is 0. The Bertz CT molecular complexity index is 844. The number of nitrogens with zero attached hydrogens (tertiary/aromatic N) is 1. The maximum Gasteiger partial charge on any atom is 0.271 e. The fraction of sp³-hybridized carbons (Fsp3) is 0.250. The molecule has 0 unspecified atom stereocenters. The number of carbonyl (C=O) groups is 2. The van der Waals surface area contributed by atoms with Crippen molar-refractivity contribution in [2.24, 2.45) is 5.10 Å². The minimum absolute atomic E-state index is 0.0184. The van der Waals surface area contributed by atoms with Crippen LogP contribution in [0, 0.1) is 6.92 Å². The van der Waals surface area contributed by atoms with Gasteiger partial charge in [0.1, 0.15) is 5.75 Å². The van der Waals surface area contributed by atoms with Gasteiger partial charge in [0.05, 0.1) is 5.71 Å². The number of phenolic OH excluding ortho intramolecular Hbond substituents is 1. The zero-order valence-electron chi connectivity index (χ0n) is 15.2. The summed E-state index contributed by atoms with van der Waals surface area (Å²) >= 11 is 0. The average molecular weight is 353 g/mol. The lowest BCUT2D eigenvalue weighted by atomic mass is 10.1. The van der Waals surface area contributed by atoms with Crippen LogP contribution in [-0.2, 0) is 4.79 Å². The Morgan fingerprint density at radius 2 is 1.85 bits per heavy atom. The van der Waals surface area contributed by atoms with Gasteiger partial charge in [-0.3, -0.25) is 9.59 Å². The van der Waals surface area contributed by atoms with E-state index in [4.69, 9.17) is 0 Å². The molecule has 6 nitrogen and oxygen atoms in total. The van der Waals surface area contributed by atoms with Gasteiger partial charge in [-0.15, -0.1) is 0 Å². The normalized spacial score (nSPS) is 11.1. The lowest BCUT2D eigenvalue weighted by Crippen LogP contribution is -2.20. The molecule has 0 radical (unpaired) electrons. The number of hydrazone groups is 1. The highest BCUT2D eigenvalue weighted by Gasteiger charge is 2.10. The molecule has 2 rings (SSSR count). The number of phenols is 1. The molecule has 0 spiro atoms. The predicted octanol–water partition coefficient (Wildman–Crippen LogP) is 3.59. The summed E-state index contributed by atoms with van der Waals surface area (Å²) in [5.41, 5.74) is 5.31. The van der Waals surface area contributed by atoms with Crippen LogP contribution in [0.4, 0.5) is 5.69 Å². The van der Waals surface area contributed by atoms with Crippen LogP contribution in [0.2, 0.25) is 0 Å². The minimum atomic E-state index is -0.325. The van der Waals surface area contributed by atoms with Gasteiger partial charge in [-0.1, -0.05) is 25.1 Å². The quantitative estimate of drug-likeness (QED) is 0.421. The number of anilines is 1. The van der Waals surface area contributed by atoms with Crippen molar-refractivity contribution in [3.63, 3.8) is 0 Å². The molecule has 2 aromatic rings. The van der Waals surface area contributed by atoms with Crippen molar-refractivity contribution in [1.29, 1.82) is 0 Å². The molecule has 3 N–H and O–H groups in total. The standard InChI is InChI=1S/C20H23N3O3/c1-4-7-19(25)21-15-10-11-18(24)17(12-15)14(3)22-23-20(26)16-9-6-5-8-13(16)2/h5-6,8-12,24H,4,7H2,1-3H3,(H,21,25)(H,23,26)/b22-14+. The van der Waals surface area contributed by atoms with Gasteiger partial charge in [-0.25, -0.2) is 5.43 Å². The van der Waals surface area contributed by atoms with Crippen LogP contribution in [0.5, 0.6) is 5.75 Å². The number of nitrogens with one attached hydrogen (secondary N) is 2. The molecule has 0 aliphatic carbocycles. The third-order valence-corrected chi connectivity index (χ3v) is 3.86. The van der Waals surface area contributed by atoms with E-state index < -0.39 is 0 Å². The van der Waals surface area contributed by atoms with E-state index in [1.165, 1.54) is 6.07 Å². The summed E-state index contributed by atoms with van der Waals surface area (Å²) in [5.74, 6) is -0.397. The van der Waals surface area contributed by atoms with Gasteiger partial charge >= 0.3 is 0 Å². The first-order chi connectivity index (χ1) is 12.4. The molecule has 0 aromatic heterocycles.